The van der Waals surface area contributed by atoms with Crippen LogP contribution in [0.25, 0.3) is 0 Å². The van der Waals surface area contributed by atoms with E-state index < -0.39 is 0 Å². The first-order valence-electron chi connectivity index (χ1n) is 6.63. The van der Waals surface area contributed by atoms with Crippen LogP contribution in [0, 0.1) is 0 Å². The lowest BCUT2D eigenvalue weighted by molar-refractivity contribution is -0.0317. The average Bonchev–Trinajstić information content (AvgIpc) is 2.37. The molecule has 0 saturated carbocycles. The van der Waals surface area contributed by atoms with Crippen molar-refractivity contribution in [3.63, 3.8) is 0 Å². The molecule has 0 bridgehead atoms. The van der Waals surface area contributed by atoms with Crippen LogP contribution in [0.15, 0.2) is 24.3 Å². The number of rotatable bonds is 8. The molecule has 1 aromatic carbocycles. The summed E-state index contributed by atoms with van der Waals surface area (Å²) in [7, 11) is 0. The van der Waals surface area contributed by atoms with E-state index in [9.17, 15) is 0 Å². The summed E-state index contributed by atoms with van der Waals surface area (Å²) in [6.07, 6.45) is 1.91. The molecule has 0 fully saturated rings. The molecule has 3 nitrogen and oxygen atoms in total. The molecule has 1 rings (SSSR count). The number of benzene rings is 1. The molecule has 1 aromatic rings. The van der Waals surface area contributed by atoms with Gasteiger partial charge in [-0.2, -0.15) is 0 Å². The molecule has 2 N–H and O–H groups in total. The Balaban J connectivity index is 2.27. The molecule has 0 unspecified atom stereocenters. The Kier molecular flexibility index (Phi) is 6.16. The minimum absolute atomic E-state index is 0.0612. The molecule has 0 saturated heterocycles. The molecular weight excluding hydrogens is 226 g/mol. The number of ether oxygens (including phenoxy) is 2. The van der Waals surface area contributed by atoms with E-state index in [0.717, 1.165) is 18.6 Å². The van der Waals surface area contributed by atoms with Gasteiger partial charge in [0, 0.05) is 0 Å². The van der Waals surface area contributed by atoms with Crippen LogP contribution in [-0.2, 0) is 11.2 Å². The fourth-order valence-corrected chi connectivity index (χ4v) is 1.50. The van der Waals surface area contributed by atoms with Gasteiger partial charge in [-0.1, -0.05) is 19.1 Å². The molecule has 0 aliphatic heterocycles. The molecule has 0 spiro atoms. The van der Waals surface area contributed by atoms with Crippen LogP contribution >= 0.6 is 0 Å². The van der Waals surface area contributed by atoms with Gasteiger partial charge in [-0.15, -0.1) is 0 Å². The van der Waals surface area contributed by atoms with Gasteiger partial charge in [0.05, 0.1) is 12.2 Å². The summed E-state index contributed by atoms with van der Waals surface area (Å²) in [5.74, 6) is 0.883. The zero-order valence-corrected chi connectivity index (χ0v) is 11.7. The summed E-state index contributed by atoms with van der Waals surface area (Å²) >= 11 is 0. The summed E-state index contributed by atoms with van der Waals surface area (Å²) in [5.41, 5.74) is 6.69. The maximum atomic E-state index is 5.72. The lowest BCUT2D eigenvalue weighted by Gasteiger charge is -2.23. The Morgan fingerprint density at radius 3 is 2.33 bits per heavy atom. The van der Waals surface area contributed by atoms with Crippen LogP contribution in [0.5, 0.6) is 5.75 Å². The van der Waals surface area contributed by atoms with Gasteiger partial charge in [0.25, 0.3) is 0 Å². The minimum atomic E-state index is -0.0612. The number of hydrogen-bond donors (Lipinski definition) is 1. The van der Waals surface area contributed by atoms with E-state index in [-0.39, 0.29) is 5.60 Å². The van der Waals surface area contributed by atoms with E-state index in [2.05, 4.69) is 32.9 Å². The largest absolute Gasteiger partial charge is 0.491 e. The smallest absolute Gasteiger partial charge is 0.119 e. The van der Waals surface area contributed by atoms with Crippen molar-refractivity contribution in [3.05, 3.63) is 29.8 Å². The summed E-state index contributed by atoms with van der Waals surface area (Å²) in [6.45, 7) is 8.19. The normalized spacial score (nSPS) is 11.6. The zero-order valence-electron chi connectivity index (χ0n) is 11.7. The first-order valence-corrected chi connectivity index (χ1v) is 6.63. The second-order valence-corrected chi connectivity index (χ2v) is 4.99. The van der Waals surface area contributed by atoms with Gasteiger partial charge in [-0.05, 0) is 50.9 Å². The van der Waals surface area contributed by atoms with Crippen LogP contribution in [0.2, 0.25) is 0 Å². The third kappa shape index (κ3) is 5.52. The van der Waals surface area contributed by atoms with Crippen LogP contribution < -0.4 is 10.5 Å². The van der Waals surface area contributed by atoms with E-state index in [0.29, 0.717) is 19.8 Å². The predicted molar refractivity (Wildman–Crippen MR) is 75.0 cm³/mol. The SMILES string of the molecule is CCC(C)(C)OCCOc1ccc(CCN)cc1. The monoisotopic (exact) mass is 251 g/mol. The van der Waals surface area contributed by atoms with E-state index in [4.69, 9.17) is 15.2 Å². The number of nitrogens with two attached hydrogens (primary N) is 1. The van der Waals surface area contributed by atoms with E-state index >= 15 is 0 Å². The van der Waals surface area contributed by atoms with Crippen molar-refractivity contribution in [1.29, 1.82) is 0 Å². The van der Waals surface area contributed by atoms with Crippen molar-refractivity contribution >= 4 is 0 Å². The second kappa shape index (κ2) is 7.39. The fraction of sp³-hybridized carbons (Fsp3) is 0.600. The number of hydrogen-bond acceptors (Lipinski definition) is 3. The molecular formula is C15H25NO2. The van der Waals surface area contributed by atoms with E-state index in [1.54, 1.807) is 0 Å². The Morgan fingerprint density at radius 1 is 1.11 bits per heavy atom. The highest BCUT2D eigenvalue weighted by molar-refractivity contribution is 5.27. The third-order valence-corrected chi connectivity index (χ3v) is 3.05. The molecule has 0 aliphatic carbocycles. The summed E-state index contributed by atoms with van der Waals surface area (Å²) in [4.78, 5) is 0. The summed E-state index contributed by atoms with van der Waals surface area (Å²) < 4.78 is 11.3. The Bertz CT molecular complexity index is 333. The van der Waals surface area contributed by atoms with Crippen molar-refractivity contribution in [2.45, 2.75) is 39.2 Å². The topological polar surface area (TPSA) is 44.5 Å². The third-order valence-electron chi connectivity index (χ3n) is 3.05. The van der Waals surface area contributed by atoms with Crippen LogP contribution in [-0.4, -0.2) is 25.4 Å². The van der Waals surface area contributed by atoms with Crippen molar-refractivity contribution < 1.29 is 9.47 Å². The Hall–Kier alpha value is -1.06. The van der Waals surface area contributed by atoms with Gasteiger partial charge in [0.2, 0.25) is 0 Å². The lowest BCUT2D eigenvalue weighted by atomic mass is 10.1. The maximum Gasteiger partial charge on any atom is 0.119 e. The van der Waals surface area contributed by atoms with Crippen molar-refractivity contribution in [2.75, 3.05) is 19.8 Å². The van der Waals surface area contributed by atoms with Gasteiger partial charge in [0.15, 0.2) is 0 Å². The zero-order chi connectivity index (χ0) is 13.4. The van der Waals surface area contributed by atoms with E-state index in [1.807, 2.05) is 12.1 Å². The molecule has 3 heteroatoms. The molecule has 0 aliphatic rings. The summed E-state index contributed by atoms with van der Waals surface area (Å²) in [5, 5.41) is 0. The highest BCUT2D eigenvalue weighted by atomic mass is 16.5. The maximum absolute atomic E-state index is 5.72. The van der Waals surface area contributed by atoms with Crippen LogP contribution in [0.1, 0.15) is 32.8 Å². The molecule has 0 atom stereocenters. The van der Waals surface area contributed by atoms with Gasteiger partial charge < -0.3 is 15.2 Å². The Morgan fingerprint density at radius 2 is 1.78 bits per heavy atom. The second-order valence-electron chi connectivity index (χ2n) is 4.99. The van der Waals surface area contributed by atoms with E-state index in [1.165, 1.54) is 5.56 Å². The minimum Gasteiger partial charge on any atom is -0.491 e. The van der Waals surface area contributed by atoms with Gasteiger partial charge in [-0.25, -0.2) is 0 Å². The quantitative estimate of drug-likeness (QED) is 0.723. The highest BCUT2D eigenvalue weighted by Crippen LogP contribution is 2.14. The highest BCUT2D eigenvalue weighted by Gasteiger charge is 2.14. The molecule has 102 valence electrons. The molecule has 18 heavy (non-hydrogen) atoms. The molecule has 0 radical (unpaired) electrons. The van der Waals surface area contributed by atoms with Crippen molar-refractivity contribution in [1.82, 2.24) is 0 Å². The Labute approximate surface area is 110 Å². The van der Waals surface area contributed by atoms with Gasteiger partial charge >= 0.3 is 0 Å². The lowest BCUT2D eigenvalue weighted by Crippen LogP contribution is -2.25. The molecule has 0 heterocycles. The van der Waals surface area contributed by atoms with Gasteiger partial charge in [0.1, 0.15) is 12.4 Å². The molecule has 0 amide bonds. The van der Waals surface area contributed by atoms with Crippen molar-refractivity contribution in [3.8, 4) is 5.75 Å². The fourth-order valence-electron chi connectivity index (χ4n) is 1.50. The average molecular weight is 251 g/mol. The van der Waals surface area contributed by atoms with Crippen LogP contribution in [0.4, 0.5) is 0 Å². The first-order chi connectivity index (χ1) is 8.57. The first kappa shape index (κ1) is 15.0. The van der Waals surface area contributed by atoms with Gasteiger partial charge in [-0.3, -0.25) is 0 Å². The predicted octanol–water partition coefficient (Wildman–Crippen LogP) is 2.77. The molecule has 0 aromatic heterocycles. The van der Waals surface area contributed by atoms with Crippen molar-refractivity contribution in [2.24, 2.45) is 5.73 Å². The van der Waals surface area contributed by atoms with Crippen LogP contribution in [0.3, 0.4) is 0 Å². The summed E-state index contributed by atoms with van der Waals surface area (Å²) in [6, 6.07) is 8.07. The standard InChI is InChI=1S/C15H25NO2/c1-4-15(2,3)18-12-11-17-14-7-5-13(6-8-14)9-10-16/h5-8H,4,9-12,16H2,1-3H3.